The minimum absolute atomic E-state index is 0.162. The monoisotopic (exact) mass is 239 g/mol. The Morgan fingerprint density at radius 2 is 2.12 bits per heavy atom. The van der Waals surface area contributed by atoms with Gasteiger partial charge in [0.15, 0.2) is 0 Å². The van der Waals surface area contributed by atoms with E-state index in [1.165, 1.54) is 0 Å². The summed E-state index contributed by atoms with van der Waals surface area (Å²) in [5, 5.41) is 3.23. The predicted molar refractivity (Wildman–Crippen MR) is 68.7 cm³/mol. The van der Waals surface area contributed by atoms with Crippen molar-refractivity contribution in [1.82, 2.24) is 5.32 Å². The summed E-state index contributed by atoms with van der Waals surface area (Å²) in [6.45, 7) is 5.43. The van der Waals surface area contributed by atoms with Crippen molar-refractivity contribution in [2.45, 2.75) is 32.7 Å². The Labute approximate surface area is 103 Å². The van der Waals surface area contributed by atoms with Crippen LogP contribution in [0.2, 0.25) is 0 Å². The quantitative estimate of drug-likeness (QED) is 0.738. The minimum Gasteiger partial charge on any atom is -0.382 e. The Morgan fingerprint density at radius 1 is 1.35 bits per heavy atom. The zero-order chi connectivity index (χ0) is 12.7. The van der Waals surface area contributed by atoms with Crippen LogP contribution in [0.4, 0.5) is 4.39 Å². The predicted octanol–water partition coefficient (Wildman–Crippen LogP) is 3.21. The first kappa shape index (κ1) is 14.1. The first-order valence-corrected chi connectivity index (χ1v) is 6.19. The van der Waals surface area contributed by atoms with Gasteiger partial charge in [-0.15, -0.1) is 0 Å². The van der Waals surface area contributed by atoms with Crippen molar-refractivity contribution in [1.29, 1.82) is 0 Å². The van der Waals surface area contributed by atoms with E-state index >= 15 is 0 Å². The van der Waals surface area contributed by atoms with Crippen LogP contribution in [0.25, 0.3) is 0 Å². The van der Waals surface area contributed by atoms with E-state index in [0.717, 1.165) is 37.2 Å². The number of aryl methyl sites for hydroxylation is 1. The number of benzene rings is 1. The van der Waals surface area contributed by atoms with E-state index in [0.29, 0.717) is 0 Å². The van der Waals surface area contributed by atoms with Crippen LogP contribution in [0.3, 0.4) is 0 Å². The van der Waals surface area contributed by atoms with Crippen LogP contribution in [-0.4, -0.2) is 20.3 Å². The summed E-state index contributed by atoms with van der Waals surface area (Å²) in [6, 6.07) is 5.39. The zero-order valence-electron chi connectivity index (χ0n) is 10.9. The molecule has 0 amide bonds. The molecule has 0 heterocycles. The van der Waals surface area contributed by atoms with Crippen LogP contribution in [0.1, 0.15) is 36.9 Å². The summed E-state index contributed by atoms with van der Waals surface area (Å²) >= 11 is 0. The van der Waals surface area contributed by atoms with Gasteiger partial charge in [0, 0.05) is 19.3 Å². The number of nitrogens with one attached hydrogen (secondary N) is 1. The Balaban J connectivity index is 2.59. The van der Waals surface area contributed by atoms with Gasteiger partial charge in [0.05, 0.1) is 0 Å². The lowest BCUT2D eigenvalue weighted by atomic mass is 10.0. The fraction of sp³-hybridized carbons (Fsp3) is 0.571. The first-order valence-electron chi connectivity index (χ1n) is 6.19. The summed E-state index contributed by atoms with van der Waals surface area (Å²) in [7, 11) is 1.91. The van der Waals surface area contributed by atoms with Gasteiger partial charge in [-0.25, -0.2) is 4.39 Å². The van der Waals surface area contributed by atoms with Crippen molar-refractivity contribution in [3.8, 4) is 0 Å². The van der Waals surface area contributed by atoms with Gasteiger partial charge in [-0.05, 0) is 57.0 Å². The third kappa shape index (κ3) is 4.84. The summed E-state index contributed by atoms with van der Waals surface area (Å²) in [5.74, 6) is -0.162. The Kier molecular flexibility index (Phi) is 6.16. The SMILES string of the molecule is CCOCCCC(NC)c1cc(C)cc(F)c1. The second-order valence-electron chi connectivity index (χ2n) is 4.24. The zero-order valence-corrected chi connectivity index (χ0v) is 10.9. The highest BCUT2D eigenvalue weighted by Crippen LogP contribution is 2.20. The standard InChI is InChI=1S/C14H22FNO/c1-4-17-7-5-6-14(16-3)12-8-11(2)9-13(15)10-12/h8-10,14,16H,4-7H2,1-3H3. The number of ether oxygens (including phenoxy) is 1. The molecule has 0 aliphatic heterocycles. The maximum absolute atomic E-state index is 13.3. The summed E-state index contributed by atoms with van der Waals surface area (Å²) in [5.41, 5.74) is 1.98. The molecule has 0 aliphatic rings. The molecule has 1 aromatic rings. The van der Waals surface area contributed by atoms with Crippen LogP contribution < -0.4 is 5.32 Å². The van der Waals surface area contributed by atoms with Gasteiger partial charge in [-0.3, -0.25) is 0 Å². The molecule has 17 heavy (non-hydrogen) atoms. The van der Waals surface area contributed by atoms with E-state index in [2.05, 4.69) is 5.32 Å². The first-order chi connectivity index (χ1) is 8.17. The highest BCUT2D eigenvalue weighted by molar-refractivity contribution is 5.26. The average Bonchev–Trinajstić information content (AvgIpc) is 2.28. The Hall–Kier alpha value is -0.930. The van der Waals surface area contributed by atoms with Crippen molar-refractivity contribution < 1.29 is 9.13 Å². The van der Waals surface area contributed by atoms with Gasteiger partial charge < -0.3 is 10.1 Å². The third-order valence-electron chi connectivity index (χ3n) is 2.80. The van der Waals surface area contributed by atoms with Gasteiger partial charge in [-0.1, -0.05) is 6.07 Å². The maximum atomic E-state index is 13.3. The molecule has 0 saturated carbocycles. The number of hydrogen-bond donors (Lipinski definition) is 1. The Bertz CT molecular complexity index is 321. The largest absolute Gasteiger partial charge is 0.382 e. The maximum Gasteiger partial charge on any atom is 0.123 e. The van der Waals surface area contributed by atoms with E-state index in [1.54, 1.807) is 12.1 Å². The second kappa shape index (κ2) is 7.41. The van der Waals surface area contributed by atoms with Gasteiger partial charge in [0.25, 0.3) is 0 Å². The summed E-state index contributed by atoms with van der Waals surface area (Å²) in [6.07, 6.45) is 1.94. The van der Waals surface area contributed by atoms with E-state index in [-0.39, 0.29) is 11.9 Å². The normalized spacial score (nSPS) is 12.7. The number of hydrogen-bond acceptors (Lipinski definition) is 2. The molecular formula is C14H22FNO. The highest BCUT2D eigenvalue weighted by atomic mass is 19.1. The van der Waals surface area contributed by atoms with Crippen molar-refractivity contribution in [2.75, 3.05) is 20.3 Å². The highest BCUT2D eigenvalue weighted by Gasteiger charge is 2.10. The van der Waals surface area contributed by atoms with Crippen molar-refractivity contribution in [3.05, 3.63) is 35.1 Å². The molecule has 1 atom stereocenters. The van der Waals surface area contributed by atoms with Gasteiger partial charge in [-0.2, -0.15) is 0 Å². The van der Waals surface area contributed by atoms with Crippen molar-refractivity contribution in [2.24, 2.45) is 0 Å². The van der Waals surface area contributed by atoms with Crippen LogP contribution in [0, 0.1) is 12.7 Å². The number of halogens is 1. The van der Waals surface area contributed by atoms with E-state index in [4.69, 9.17) is 4.74 Å². The molecule has 0 aromatic heterocycles. The van der Waals surface area contributed by atoms with E-state index < -0.39 is 0 Å². The summed E-state index contributed by atoms with van der Waals surface area (Å²) in [4.78, 5) is 0. The molecule has 1 N–H and O–H groups in total. The van der Waals surface area contributed by atoms with E-state index in [1.807, 2.05) is 27.0 Å². The van der Waals surface area contributed by atoms with Crippen molar-refractivity contribution in [3.63, 3.8) is 0 Å². The lowest BCUT2D eigenvalue weighted by Gasteiger charge is -2.17. The number of rotatable bonds is 7. The van der Waals surface area contributed by atoms with Crippen LogP contribution in [-0.2, 0) is 4.74 Å². The van der Waals surface area contributed by atoms with Crippen LogP contribution in [0.5, 0.6) is 0 Å². The molecule has 0 saturated heterocycles. The molecule has 0 spiro atoms. The smallest absolute Gasteiger partial charge is 0.123 e. The average molecular weight is 239 g/mol. The lowest BCUT2D eigenvalue weighted by Crippen LogP contribution is -2.17. The van der Waals surface area contributed by atoms with Crippen molar-refractivity contribution >= 4 is 0 Å². The minimum atomic E-state index is -0.162. The summed E-state index contributed by atoms with van der Waals surface area (Å²) < 4.78 is 18.6. The topological polar surface area (TPSA) is 21.3 Å². The molecule has 0 bridgehead atoms. The van der Waals surface area contributed by atoms with Gasteiger partial charge in [0.2, 0.25) is 0 Å². The van der Waals surface area contributed by atoms with Gasteiger partial charge >= 0.3 is 0 Å². The molecule has 0 radical (unpaired) electrons. The molecule has 1 rings (SSSR count). The molecular weight excluding hydrogens is 217 g/mol. The molecule has 3 heteroatoms. The van der Waals surface area contributed by atoms with Crippen LogP contribution in [0.15, 0.2) is 18.2 Å². The lowest BCUT2D eigenvalue weighted by molar-refractivity contribution is 0.141. The molecule has 96 valence electrons. The van der Waals surface area contributed by atoms with Gasteiger partial charge in [0.1, 0.15) is 5.82 Å². The third-order valence-corrected chi connectivity index (χ3v) is 2.80. The van der Waals surface area contributed by atoms with Crippen LogP contribution >= 0.6 is 0 Å². The molecule has 2 nitrogen and oxygen atoms in total. The molecule has 1 aromatic carbocycles. The Morgan fingerprint density at radius 3 is 2.71 bits per heavy atom. The second-order valence-corrected chi connectivity index (χ2v) is 4.24. The van der Waals surface area contributed by atoms with E-state index in [9.17, 15) is 4.39 Å². The molecule has 1 unspecified atom stereocenters. The fourth-order valence-corrected chi connectivity index (χ4v) is 1.98. The molecule has 0 fully saturated rings. The molecule has 0 aliphatic carbocycles. The fourth-order valence-electron chi connectivity index (χ4n) is 1.98.